The minimum atomic E-state index is -2.76. The minimum absolute atomic E-state index is 0.516. The van der Waals surface area contributed by atoms with Gasteiger partial charge in [-0.15, -0.1) is 0 Å². The molecule has 0 saturated heterocycles. The third-order valence-corrected chi connectivity index (χ3v) is 6.43. The lowest BCUT2D eigenvalue weighted by molar-refractivity contribution is 0.376. The van der Waals surface area contributed by atoms with Gasteiger partial charge in [0.25, 0.3) is 0 Å². The van der Waals surface area contributed by atoms with E-state index in [1.807, 2.05) is 0 Å². The fourth-order valence-electron chi connectivity index (χ4n) is 4.27. The summed E-state index contributed by atoms with van der Waals surface area (Å²) >= 11 is 0. The summed E-state index contributed by atoms with van der Waals surface area (Å²) in [6.07, 6.45) is 0. The van der Waals surface area contributed by atoms with Crippen molar-refractivity contribution in [1.82, 2.24) is 0 Å². The van der Waals surface area contributed by atoms with Gasteiger partial charge in [0, 0.05) is 22.3 Å². The van der Waals surface area contributed by atoms with E-state index in [-0.39, 0.29) is 0 Å². The molecule has 0 unspecified atom stereocenters. The van der Waals surface area contributed by atoms with Crippen molar-refractivity contribution in [3.63, 3.8) is 0 Å². The summed E-state index contributed by atoms with van der Waals surface area (Å²) in [6.45, 7) is 0.516. The Morgan fingerprint density at radius 1 is 0.333 bits per heavy atom. The van der Waals surface area contributed by atoms with E-state index in [0.717, 1.165) is 18.2 Å². The first-order valence-electron chi connectivity index (χ1n) is 11.3. The molecule has 0 radical (unpaired) electrons. The van der Waals surface area contributed by atoms with Gasteiger partial charge in [-0.1, -0.05) is 0 Å². The second-order valence-corrected chi connectivity index (χ2v) is 8.73. The summed E-state index contributed by atoms with van der Waals surface area (Å²) < 4.78 is 200. The van der Waals surface area contributed by atoms with E-state index < -0.39 is 137 Å². The average Bonchev–Trinajstić information content (AvgIpc) is 3.74. The van der Waals surface area contributed by atoms with Crippen LogP contribution in [0.4, 0.5) is 61.5 Å². The predicted octanol–water partition coefficient (Wildman–Crippen LogP) is 8.19. The number of allylic oxidation sites excluding steroid dienone is 6. The molecule has 3 aromatic carbocycles. The Labute approximate surface area is 240 Å². The molecule has 45 heavy (non-hydrogen) atoms. The molecule has 17 heteroatoms. The lowest BCUT2D eigenvalue weighted by Crippen LogP contribution is -2.07. The van der Waals surface area contributed by atoms with Crippen molar-refractivity contribution in [2.24, 2.45) is 0 Å². The van der Waals surface area contributed by atoms with Crippen LogP contribution < -0.4 is 0 Å². The second-order valence-electron chi connectivity index (χ2n) is 8.73. The van der Waals surface area contributed by atoms with Crippen molar-refractivity contribution in [2.45, 2.75) is 6.92 Å². The molecule has 1 fully saturated rings. The molecule has 0 spiro atoms. The summed E-state index contributed by atoms with van der Waals surface area (Å²) in [6, 6.07) is 2.85. The summed E-state index contributed by atoms with van der Waals surface area (Å²) in [5.41, 5.74) is -16.9. The van der Waals surface area contributed by atoms with Crippen molar-refractivity contribution in [3.05, 3.63) is 120 Å². The van der Waals surface area contributed by atoms with Crippen LogP contribution in [-0.4, -0.2) is 0 Å². The SMILES string of the molecule is Cc1c(F)c(F)c(F)c(/C(C#N)=C2/C(=C(C#N)c3c(F)c(F)c(F)c(F)c3F)/C2=C(/C#N)c2c(F)c(F)c(F)c(F)c2F)c1F. The summed E-state index contributed by atoms with van der Waals surface area (Å²) in [4.78, 5) is 0. The quantitative estimate of drug-likeness (QED) is 0.125. The molecule has 0 atom stereocenters. The Bertz CT molecular complexity index is 1800. The van der Waals surface area contributed by atoms with Gasteiger partial charge in [-0.25, -0.2) is 61.5 Å². The highest BCUT2D eigenvalue weighted by atomic mass is 19.2. The number of hydrogen-bond donors (Lipinski definition) is 0. The van der Waals surface area contributed by atoms with Crippen LogP contribution >= 0.6 is 0 Å². The number of benzene rings is 3. The highest BCUT2D eigenvalue weighted by molar-refractivity contribution is 6.12. The van der Waals surface area contributed by atoms with Gasteiger partial charge in [-0.2, -0.15) is 15.8 Å². The fraction of sp³-hybridized carbons (Fsp3) is 0.0357. The smallest absolute Gasteiger partial charge is 0.200 e. The van der Waals surface area contributed by atoms with Crippen LogP contribution in [0.15, 0.2) is 16.7 Å². The zero-order valence-corrected chi connectivity index (χ0v) is 21.1. The normalized spacial score (nSPS) is 15.7. The van der Waals surface area contributed by atoms with Gasteiger partial charge in [0.05, 0.1) is 33.4 Å². The fourth-order valence-corrected chi connectivity index (χ4v) is 4.27. The van der Waals surface area contributed by atoms with Gasteiger partial charge in [0.1, 0.15) is 24.0 Å². The topological polar surface area (TPSA) is 71.4 Å². The Balaban J connectivity index is 2.36. The molecule has 0 N–H and O–H groups in total. The maximum Gasteiger partial charge on any atom is 0.200 e. The van der Waals surface area contributed by atoms with Crippen LogP contribution in [0.3, 0.4) is 0 Å². The van der Waals surface area contributed by atoms with E-state index in [1.54, 1.807) is 0 Å². The van der Waals surface area contributed by atoms with Gasteiger partial charge in [0.15, 0.2) is 64.0 Å². The molecular formula is C28H3F14N3. The van der Waals surface area contributed by atoms with Gasteiger partial charge in [-0.05, 0) is 6.92 Å². The van der Waals surface area contributed by atoms with E-state index in [0.29, 0.717) is 6.92 Å². The molecule has 1 aliphatic rings. The molecular weight excluding hydrogens is 644 g/mol. The molecule has 0 amide bonds. The Hall–Kier alpha value is -5.63. The van der Waals surface area contributed by atoms with Gasteiger partial charge < -0.3 is 0 Å². The van der Waals surface area contributed by atoms with E-state index in [9.17, 15) is 72.9 Å². The van der Waals surface area contributed by atoms with Crippen molar-refractivity contribution < 1.29 is 61.5 Å². The summed E-state index contributed by atoms with van der Waals surface area (Å²) in [5.74, 6) is -36.4. The number of rotatable bonds is 3. The third-order valence-electron chi connectivity index (χ3n) is 6.43. The molecule has 4 rings (SSSR count). The second kappa shape index (κ2) is 11.1. The van der Waals surface area contributed by atoms with Crippen molar-refractivity contribution in [1.29, 1.82) is 15.8 Å². The zero-order chi connectivity index (χ0) is 34.0. The standard InChI is InChI=1S/C28H3F14N3/c1-5-15(29)12(17(31)22(36)16(5)30)6(2-43)9-10(7(3-44)13-18(32)23(37)27(41)24(38)19(13)33)11(9)8(4-45)14-20(34)25(39)28(42)26(40)21(14)35/h1H3/b9-6-,10-7?,11-8-. The first kappa shape index (κ1) is 32.3. The Morgan fingerprint density at radius 3 is 0.778 bits per heavy atom. The van der Waals surface area contributed by atoms with Crippen LogP contribution in [-0.2, 0) is 0 Å². The third kappa shape index (κ3) is 4.49. The maximum absolute atomic E-state index is 15.0. The molecule has 1 aliphatic carbocycles. The number of nitrogens with zero attached hydrogens (tertiary/aromatic N) is 3. The van der Waals surface area contributed by atoms with Crippen LogP contribution in [0.2, 0.25) is 0 Å². The zero-order valence-electron chi connectivity index (χ0n) is 21.1. The molecule has 0 heterocycles. The Kier molecular flexibility index (Phi) is 7.99. The molecule has 1 saturated carbocycles. The summed E-state index contributed by atoms with van der Waals surface area (Å²) in [5, 5.41) is 29.1. The highest BCUT2D eigenvalue weighted by Crippen LogP contribution is 2.57. The van der Waals surface area contributed by atoms with E-state index >= 15 is 4.39 Å². The van der Waals surface area contributed by atoms with Gasteiger partial charge in [-0.3, -0.25) is 0 Å². The summed E-state index contributed by atoms with van der Waals surface area (Å²) in [7, 11) is 0. The monoisotopic (exact) mass is 647 g/mol. The van der Waals surface area contributed by atoms with E-state index in [4.69, 9.17) is 0 Å². The van der Waals surface area contributed by atoms with Crippen LogP contribution in [0.1, 0.15) is 22.3 Å². The van der Waals surface area contributed by atoms with Crippen molar-refractivity contribution in [2.75, 3.05) is 0 Å². The first-order valence-corrected chi connectivity index (χ1v) is 11.3. The van der Waals surface area contributed by atoms with Crippen LogP contribution in [0, 0.1) is 122 Å². The van der Waals surface area contributed by atoms with Gasteiger partial charge in [0.2, 0.25) is 11.6 Å². The maximum atomic E-state index is 15.0. The number of hydrogen-bond acceptors (Lipinski definition) is 3. The Morgan fingerprint density at radius 2 is 0.533 bits per heavy atom. The molecule has 0 aromatic heterocycles. The molecule has 3 aromatic rings. The molecule has 3 nitrogen and oxygen atoms in total. The first-order chi connectivity index (χ1) is 21.0. The van der Waals surface area contributed by atoms with Gasteiger partial charge >= 0.3 is 0 Å². The number of halogens is 14. The minimum Gasteiger partial charge on any atom is -0.206 e. The molecule has 0 bridgehead atoms. The van der Waals surface area contributed by atoms with E-state index in [2.05, 4.69) is 0 Å². The van der Waals surface area contributed by atoms with Crippen LogP contribution in [0.5, 0.6) is 0 Å². The average molecular weight is 647 g/mol. The van der Waals surface area contributed by atoms with E-state index in [1.165, 1.54) is 0 Å². The van der Waals surface area contributed by atoms with Crippen LogP contribution in [0.25, 0.3) is 16.7 Å². The number of nitriles is 3. The highest BCUT2D eigenvalue weighted by Gasteiger charge is 2.46. The molecule has 228 valence electrons. The lowest BCUT2D eigenvalue weighted by Gasteiger charge is -2.09. The largest absolute Gasteiger partial charge is 0.206 e. The molecule has 0 aliphatic heterocycles. The predicted molar refractivity (Wildman–Crippen MR) is 121 cm³/mol. The van der Waals surface area contributed by atoms with Crippen molar-refractivity contribution >= 4 is 16.7 Å². The van der Waals surface area contributed by atoms with Crippen molar-refractivity contribution in [3.8, 4) is 18.2 Å². The lowest BCUT2D eigenvalue weighted by atomic mass is 9.99.